The molecule has 0 amide bonds. The third-order valence-corrected chi connectivity index (χ3v) is 4.18. The van der Waals surface area contributed by atoms with Gasteiger partial charge >= 0.3 is 0 Å². The molecule has 0 spiro atoms. The molecule has 2 heterocycles. The van der Waals surface area contributed by atoms with Crippen molar-refractivity contribution in [1.82, 2.24) is 9.88 Å². The Hall–Kier alpha value is -1.22. The Bertz CT molecular complexity index is 554. The van der Waals surface area contributed by atoms with Crippen molar-refractivity contribution in [3.05, 3.63) is 18.3 Å². The maximum Gasteiger partial charge on any atom is 0.241 e. The molecule has 1 aliphatic rings. The van der Waals surface area contributed by atoms with Gasteiger partial charge in [0.1, 0.15) is 10.7 Å². The predicted octanol–water partition coefficient (Wildman–Crippen LogP) is -0.768. The van der Waals surface area contributed by atoms with Crippen molar-refractivity contribution in [1.29, 1.82) is 0 Å². The van der Waals surface area contributed by atoms with Crippen molar-refractivity contribution in [2.24, 2.45) is 5.14 Å². The van der Waals surface area contributed by atoms with E-state index in [4.69, 9.17) is 5.14 Å². The molecule has 3 N–H and O–H groups in total. The number of aliphatic hydroxyl groups excluding tert-OH is 1. The fourth-order valence-corrected chi connectivity index (χ4v) is 3.06. The van der Waals surface area contributed by atoms with E-state index in [1.54, 1.807) is 19.2 Å². The van der Waals surface area contributed by atoms with E-state index in [1.165, 1.54) is 6.07 Å². The van der Waals surface area contributed by atoms with Crippen molar-refractivity contribution >= 4 is 15.8 Å². The lowest BCUT2D eigenvalue weighted by Gasteiger charge is -2.36. The average Bonchev–Trinajstić information content (AvgIpc) is 2.38. The third-order valence-electron chi connectivity index (χ3n) is 3.25. The number of rotatable bonds is 4. The van der Waals surface area contributed by atoms with E-state index >= 15 is 0 Å². The molecule has 1 aromatic heterocycles. The average molecular weight is 300 g/mol. The van der Waals surface area contributed by atoms with Crippen LogP contribution in [0, 0.1) is 0 Å². The number of β-amino-alcohol motifs (C(OH)–C–C–N with tert-alkyl or cyclic N) is 1. The van der Waals surface area contributed by atoms with Crippen molar-refractivity contribution in [2.45, 2.75) is 17.9 Å². The maximum atomic E-state index is 11.6. The fraction of sp³-hybridized carbons (Fsp3) is 0.583. The molecule has 1 fully saturated rings. The number of nitrogens with two attached hydrogens (primary N) is 1. The smallest absolute Gasteiger partial charge is 0.241 e. The highest BCUT2D eigenvalue weighted by atomic mass is 32.2. The van der Waals surface area contributed by atoms with Crippen LogP contribution in [0.2, 0.25) is 0 Å². The molecule has 1 saturated heterocycles. The van der Waals surface area contributed by atoms with Crippen molar-refractivity contribution in [2.75, 3.05) is 37.6 Å². The zero-order valence-corrected chi connectivity index (χ0v) is 12.3. The van der Waals surface area contributed by atoms with Crippen LogP contribution in [-0.2, 0) is 10.0 Å². The number of aliphatic hydroxyl groups is 1. The molecule has 1 aliphatic heterocycles. The predicted molar refractivity (Wildman–Crippen MR) is 75.9 cm³/mol. The molecular formula is C12H20N4O3S. The van der Waals surface area contributed by atoms with Gasteiger partial charge < -0.3 is 10.0 Å². The molecule has 0 radical (unpaired) electrons. The van der Waals surface area contributed by atoms with E-state index in [0.717, 1.165) is 13.1 Å². The van der Waals surface area contributed by atoms with E-state index in [2.05, 4.69) is 9.88 Å². The van der Waals surface area contributed by atoms with Gasteiger partial charge in [-0.3, -0.25) is 4.90 Å². The van der Waals surface area contributed by atoms with E-state index in [9.17, 15) is 13.5 Å². The zero-order chi connectivity index (χ0) is 14.8. The van der Waals surface area contributed by atoms with Gasteiger partial charge in [-0.05, 0) is 19.1 Å². The Morgan fingerprint density at radius 1 is 1.40 bits per heavy atom. The summed E-state index contributed by atoms with van der Waals surface area (Å²) in [6.45, 7) is 5.21. The summed E-state index contributed by atoms with van der Waals surface area (Å²) < 4.78 is 23.1. The Labute approximate surface area is 119 Å². The normalized spacial score (nSPS) is 19.1. The number of pyridine rings is 1. The van der Waals surface area contributed by atoms with Gasteiger partial charge in [-0.1, -0.05) is 0 Å². The lowest BCUT2D eigenvalue weighted by Crippen LogP contribution is -2.48. The lowest BCUT2D eigenvalue weighted by atomic mass is 10.2. The minimum absolute atomic E-state index is 0.0592. The summed E-state index contributed by atoms with van der Waals surface area (Å²) in [6, 6.07) is 3.03. The van der Waals surface area contributed by atoms with E-state index < -0.39 is 10.0 Å². The molecule has 0 bridgehead atoms. The number of primary sulfonamides is 1. The van der Waals surface area contributed by atoms with E-state index in [0.29, 0.717) is 25.5 Å². The lowest BCUT2D eigenvalue weighted by molar-refractivity contribution is 0.122. The van der Waals surface area contributed by atoms with Gasteiger partial charge in [0.2, 0.25) is 10.0 Å². The summed E-state index contributed by atoms with van der Waals surface area (Å²) >= 11 is 0. The molecule has 2 rings (SSSR count). The highest BCUT2D eigenvalue weighted by Gasteiger charge is 2.24. The highest BCUT2D eigenvalue weighted by Crippen LogP contribution is 2.22. The minimum Gasteiger partial charge on any atom is -0.392 e. The van der Waals surface area contributed by atoms with Crippen LogP contribution in [0.15, 0.2) is 23.2 Å². The van der Waals surface area contributed by atoms with Crippen LogP contribution in [-0.4, -0.2) is 62.2 Å². The van der Waals surface area contributed by atoms with Crippen molar-refractivity contribution in [3.63, 3.8) is 0 Å². The fourth-order valence-electron chi connectivity index (χ4n) is 2.36. The quantitative estimate of drug-likeness (QED) is 0.757. The van der Waals surface area contributed by atoms with Crippen molar-refractivity contribution < 1.29 is 13.5 Å². The summed E-state index contributed by atoms with van der Waals surface area (Å²) in [5.74, 6) is 0.409. The molecule has 20 heavy (non-hydrogen) atoms. The Kier molecular flexibility index (Phi) is 4.59. The van der Waals surface area contributed by atoms with E-state index in [-0.39, 0.29) is 11.0 Å². The number of sulfonamides is 1. The highest BCUT2D eigenvalue weighted by molar-refractivity contribution is 7.89. The van der Waals surface area contributed by atoms with Crippen LogP contribution < -0.4 is 10.0 Å². The number of anilines is 1. The topological polar surface area (TPSA) is 99.8 Å². The Morgan fingerprint density at radius 3 is 2.60 bits per heavy atom. The van der Waals surface area contributed by atoms with Crippen LogP contribution in [0.3, 0.4) is 0 Å². The second kappa shape index (κ2) is 6.04. The van der Waals surface area contributed by atoms with Gasteiger partial charge in [-0.2, -0.15) is 0 Å². The molecule has 0 saturated carbocycles. The summed E-state index contributed by atoms with van der Waals surface area (Å²) in [4.78, 5) is 8.27. The first-order chi connectivity index (χ1) is 9.38. The van der Waals surface area contributed by atoms with Gasteiger partial charge in [0, 0.05) is 38.9 Å². The molecule has 7 nitrogen and oxygen atoms in total. The monoisotopic (exact) mass is 300 g/mol. The van der Waals surface area contributed by atoms with Gasteiger partial charge in [-0.15, -0.1) is 0 Å². The number of hydrogen-bond donors (Lipinski definition) is 2. The van der Waals surface area contributed by atoms with Gasteiger partial charge in [0.15, 0.2) is 0 Å². The molecule has 1 aromatic rings. The van der Waals surface area contributed by atoms with Gasteiger partial charge in [-0.25, -0.2) is 18.5 Å². The molecule has 1 atom stereocenters. The van der Waals surface area contributed by atoms with Crippen LogP contribution in [0.1, 0.15) is 6.92 Å². The van der Waals surface area contributed by atoms with Crippen LogP contribution in [0.5, 0.6) is 0 Å². The summed E-state index contributed by atoms with van der Waals surface area (Å²) in [5.41, 5.74) is 0. The molecule has 112 valence electrons. The number of hydrogen-bond acceptors (Lipinski definition) is 6. The summed E-state index contributed by atoms with van der Waals surface area (Å²) in [5, 5.41) is 14.6. The third kappa shape index (κ3) is 3.66. The first-order valence-corrected chi connectivity index (χ1v) is 8.06. The second-order valence-corrected chi connectivity index (χ2v) is 6.54. The first-order valence-electron chi connectivity index (χ1n) is 6.51. The second-order valence-electron chi connectivity index (χ2n) is 5.01. The summed E-state index contributed by atoms with van der Waals surface area (Å²) in [7, 11) is -3.77. The Morgan fingerprint density at radius 2 is 2.05 bits per heavy atom. The van der Waals surface area contributed by atoms with Gasteiger partial charge in [0.05, 0.1) is 6.10 Å². The largest absolute Gasteiger partial charge is 0.392 e. The molecule has 0 unspecified atom stereocenters. The maximum absolute atomic E-state index is 11.6. The zero-order valence-electron chi connectivity index (χ0n) is 11.4. The number of piperazine rings is 1. The van der Waals surface area contributed by atoms with Crippen LogP contribution in [0.25, 0.3) is 0 Å². The van der Waals surface area contributed by atoms with Crippen molar-refractivity contribution in [3.8, 4) is 0 Å². The standard InChI is InChI=1S/C12H20N4O3S/c1-10(17)9-15-5-7-16(8-6-15)12-11(20(13,18)19)3-2-4-14-12/h2-4,10,17H,5-9H2,1H3,(H2,13,18,19)/t10-/m1/s1. The molecule has 0 aromatic carbocycles. The SMILES string of the molecule is C[C@@H](O)CN1CCN(c2ncccc2S(N)(=O)=O)CC1. The molecule has 0 aliphatic carbocycles. The van der Waals surface area contributed by atoms with E-state index in [1.807, 2.05) is 4.90 Å². The first kappa shape index (κ1) is 15.2. The molecular weight excluding hydrogens is 280 g/mol. The van der Waals surface area contributed by atoms with Gasteiger partial charge in [0.25, 0.3) is 0 Å². The van der Waals surface area contributed by atoms with Crippen LogP contribution >= 0.6 is 0 Å². The Balaban J connectivity index is 2.12. The molecule has 8 heteroatoms. The number of aromatic nitrogens is 1. The number of nitrogens with zero attached hydrogens (tertiary/aromatic N) is 3. The van der Waals surface area contributed by atoms with Crippen LogP contribution in [0.4, 0.5) is 5.82 Å². The summed E-state index contributed by atoms with van der Waals surface area (Å²) in [6.07, 6.45) is 1.20. The minimum atomic E-state index is -3.77.